The Bertz CT molecular complexity index is 1010. The molecule has 126 valence electrons. The van der Waals surface area contributed by atoms with E-state index in [0.29, 0.717) is 23.3 Å². The van der Waals surface area contributed by atoms with E-state index < -0.39 is 6.04 Å². The maximum absolute atomic E-state index is 12.9. The molecule has 0 saturated carbocycles. The molecule has 0 N–H and O–H groups in total. The highest BCUT2D eigenvalue weighted by molar-refractivity contribution is 5.83. The summed E-state index contributed by atoms with van der Waals surface area (Å²) >= 11 is 0. The Morgan fingerprint density at radius 1 is 0.920 bits per heavy atom. The van der Waals surface area contributed by atoms with Gasteiger partial charge in [-0.3, -0.25) is 14.2 Å². The second kappa shape index (κ2) is 5.84. The van der Waals surface area contributed by atoms with E-state index in [9.17, 15) is 9.59 Å². The number of aromatic nitrogens is 2. The molecule has 1 aliphatic heterocycles. The van der Waals surface area contributed by atoms with Crippen LogP contribution in [0.3, 0.4) is 0 Å². The summed E-state index contributed by atoms with van der Waals surface area (Å²) in [7, 11) is 0. The van der Waals surface area contributed by atoms with Crippen LogP contribution in [0.2, 0.25) is 0 Å². The average molecular weight is 333 g/mol. The minimum Gasteiger partial charge on any atom is -0.327 e. The SMILES string of the molecule is C[C@@H]1C(=O)N(Cc2ccccc2)[C@@H](C)c2nc3ccccc3c(=O)n21. The summed E-state index contributed by atoms with van der Waals surface area (Å²) in [5.74, 6) is 0.592. The van der Waals surface area contributed by atoms with E-state index in [0.717, 1.165) is 5.56 Å². The van der Waals surface area contributed by atoms with Crippen LogP contribution in [0, 0.1) is 0 Å². The molecule has 0 bridgehead atoms. The normalized spacial score (nSPS) is 19.9. The predicted molar refractivity (Wildman–Crippen MR) is 96.1 cm³/mol. The maximum Gasteiger partial charge on any atom is 0.262 e. The third-order valence-electron chi connectivity index (χ3n) is 4.90. The molecular formula is C20H19N3O2. The number of rotatable bonds is 2. The number of amides is 1. The van der Waals surface area contributed by atoms with Gasteiger partial charge >= 0.3 is 0 Å². The second-order valence-electron chi connectivity index (χ2n) is 6.47. The standard InChI is InChI=1S/C20H19N3O2/c1-13-18-21-17-11-7-6-10-16(17)20(25)23(18)14(2)19(24)22(13)12-15-8-4-3-5-9-15/h3-11,13-14H,12H2,1-2H3/t13-,14+/m0/s1. The van der Waals surface area contributed by atoms with Crippen molar-refractivity contribution in [3.05, 3.63) is 76.3 Å². The van der Waals surface area contributed by atoms with Gasteiger partial charge in [0.15, 0.2) is 0 Å². The lowest BCUT2D eigenvalue weighted by Gasteiger charge is -2.38. The van der Waals surface area contributed by atoms with Gasteiger partial charge in [-0.2, -0.15) is 0 Å². The Labute approximate surface area is 145 Å². The first-order valence-electron chi connectivity index (χ1n) is 8.43. The molecule has 2 atom stereocenters. The fourth-order valence-corrected chi connectivity index (χ4v) is 3.51. The third-order valence-corrected chi connectivity index (χ3v) is 4.90. The number of carbonyl (C=O) groups excluding carboxylic acids is 1. The molecule has 2 aromatic carbocycles. The van der Waals surface area contributed by atoms with Gasteiger partial charge in [-0.1, -0.05) is 42.5 Å². The molecule has 0 saturated heterocycles. The highest BCUT2D eigenvalue weighted by Gasteiger charge is 2.37. The van der Waals surface area contributed by atoms with E-state index >= 15 is 0 Å². The van der Waals surface area contributed by atoms with Crippen LogP contribution in [0.15, 0.2) is 59.4 Å². The van der Waals surface area contributed by atoms with Crippen LogP contribution in [-0.2, 0) is 11.3 Å². The molecule has 0 spiro atoms. The summed E-state index contributed by atoms with van der Waals surface area (Å²) in [6.07, 6.45) is 0. The number of carbonyl (C=O) groups is 1. The van der Waals surface area contributed by atoms with Crippen molar-refractivity contribution in [2.75, 3.05) is 0 Å². The van der Waals surface area contributed by atoms with Gasteiger partial charge in [0.05, 0.1) is 16.9 Å². The zero-order valence-electron chi connectivity index (χ0n) is 14.2. The van der Waals surface area contributed by atoms with Crippen LogP contribution in [0.4, 0.5) is 0 Å². The lowest BCUT2D eigenvalue weighted by atomic mass is 10.1. The smallest absolute Gasteiger partial charge is 0.262 e. The summed E-state index contributed by atoms with van der Waals surface area (Å²) < 4.78 is 1.55. The van der Waals surface area contributed by atoms with Gasteiger partial charge in [0.25, 0.3) is 5.56 Å². The van der Waals surface area contributed by atoms with Crippen LogP contribution >= 0.6 is 0 Å². The molecule has 5 nitrogen and oxygen atoms in total. The minimum absolute atomic E-state index is 0.0527. The molecule has 4 rings (SSSR count). The number of para-hydroxylation sites is 1. The van der Waals surface area contributed by atoms with Gasteiger partial charge in [-0.15, -0.1) is 0 Å². The third kappa shape index (κ3) is 2.43. The Morgan fingerprint density at radius 3 is 2.36 bits per heavy atom. The Hall–Kier alpha value is -2.95. The zero-order valence-corrected chi connectivity index (χ0v) is 14.2. The minimum atomic E-state index is -0.556. The van der Waals surface area contributed by atoms with Crippen molar-refractivity contribution in [3.63, 3.8) is 0 Å². The van der Waals surface area contributed by atoms with Gasteiger partial charge in [-0.05, 0) is 31.5 Å². The lowest BCUT2D eigenvalue weighted by Crippen LogP contribution is -2.48. The van der Waals surface area contributed by atoms with Crippen LogP contribution in [0.25, 0.3) is 10.9 Å². The summed E-state index contributed by atoms with van der Waals surface area (Å²) in [5, 5.41) is 0.551. The lowest BCUT2D eigenvalue weighted by molar-refractivity contribution is -0.140. The topological polar surface area (TPSA) is 55.2 Å². The van der Waals surface area contributed by atoms with Gasteiger partial charge in [0, 0.05) is 6.54 Å². The summed E-state index contributed by atoms with van der Waals surface area (Å²) in [6.45, 7) is 4.21. The molecule has 0 aliphatic carbocycles. The second-order valence-corrected chi connectivity index (χ2v) is 6.47. The van der Waals surface area contributed by atoms with Crippen LogP contribution in [0.5, 0.6) is 0 Å². The van der Waals surface area contributed by atoms with Crippen molar-refractivity contribution >= 4 is 16.8 Å². The monoisotopic (exact) mass is 333 g/mol. The number of nitrogens with zero attached hydrogens (tertiary/aromatic N) is 3. The molecule has 25 heavy (non-hydrogen) atoms. The Balaban J connectivity index is 1.85. The maximum atomic E-state index is 12.9. The van der Waals surface area contributed by atoms with Crippen molar-refractivity contribution in [2.24, 2.45) is 0 Å². The fourth-order valence-electron chi connectivity index (χ4n) is 3.51. The van der Waals surface area contributed by atoms with Crippen LogP contribution in [0.1, 0.15) is 37.3 Å². The first kappa shape index (κ1) is 15.6. The first-order valence-corrected chi connectivity index (χ1v) is 8.43. The molecule has 1 aliphatic rings. The van der Waals surface area contributed by atoms with E-state index in [1.54, 1.807) is 22.5 Å². The zero-order chi connectivity index (χ0) is 17.6. The summed E-state index contributed by atoms with van der Waals surface area (Å²) in [6, 6.07) is 16.3. The largest absolute Gasteiger partial charge is 0.327 e. The van der Waals surface area contributed by atoms with E-state index in [1.807, 2.05) is 55.5 Å². The Kier molecular flexibility index (Phi) is 3.64. The highest BCUT2D eigenvalue weighted by Crippen LogP contribution is 2.31. The molecule has 1 amide bonds. The van der Waals surface area contributed by atoms with E-state index in [2.05, 4.69) is 0 Å². The van der Waals surface area contributed by atoms with Crippen molar-refractivity contribution in [3.8, 4) is 0 Å². The van der Waals surface area contributed by atoms with E-state index in [1.165, 1.54) is 0 Å². The summed E-state index contributed by atoms with van der Waals surface area (Å²) in [5.41, 5.74) is 1.59. The molecule has 5 heteroatoms. The van der Waals surface area contributed by atoms with Crippen LogP contribution < -0.4 is 5.56 Å². The molecule has 2 heterocycles. The fraction of sp³-hybridized carbons (Fsp3) is 0.250. The van der Waals surface area contributed by atoms with Crippen molar-refractivity contribution in [1.29, 1.82) is 0 Å². The van der Waals surface area contributed by atoms with Crippen molar-refractivity contribution in [2.45, 2.75) is 32.5 Å². The molecule has 0 fully saturated rings. The molecule has 1 aromatic heterocycles. The number of fused-ring (bicyclic) bond motifs is 2. The number of benzene rings is 2. The van der Waals surface area contributed by atoms with Crippen LogP contribution in [-0.4, -0.2) is 20.4 Å². The Morgan fingerprint density at radius 2 is 1.60 bits per heavy atom. The van der Waals surface area contributed by atoms with Gasteiger partial charge in [0.1, 0.15) is 11.9 Å². The van der Waals surface area contributed by atoms with E-state index in [4.69, 9.17) is 4.98 Å². The van der Waals surface area contributed by atoms with Gasteiger partial charge in [-0.25, -0.2) is 4.98 Å². The van der Waals surface area contributed by atoms with Crippen molar-refractivity contribution < 1.29 is 4.79 Å². The molecule has 3 aromatic rings. The highest BCUT2D eigenvalue weighted by atomic mass is 16.2. The molecule has 0 radical (unpaired) electrons. The molecule has 0 unspecified atom stereocenters. The number of hydrogen-bond acceptors (Lipinski definition) is 3. The van der Waals surface area contributed by atoms with E-state index in [-0.39, 0.29) is 17.5 Å². The quantitative estimate of drug-likeness (QED) is 0.724. The summed E-state index contributed by atoms with van der Waals surface area (Å²) in [4.78, 5) is 32.3. The van der Waals surface area contributed by atoms with Gasteiger partial charge in [0.2, 0.25) is 5.91 Å². The molecular weight excluding hydrogens is 314 g/mol. The number of hydrogen-bond donors (Lipinski definition) is 0. The predicted octanol–water partition coefficient (Wildman–Crippen LogP) is 3.06. The van der Waals surface area contributed by atoms with Crippen molar-refractivity contribution in [1.82, 2.24) is 14.5 Å². The first-order chi connectivity index (χ1) is 12.1. The van der Waals surface area contributed by atoms with Gasteiger partial charge < -0.3 is 4.90 Å². The average Bonchev–Trinajstić information content (AvgIpc) is 2.64.